The van der Waals surface area contributed by atoms with Crippen molar-refractivity contribution >= 4 is 39.8 Å². The van der Waals surface area contributed by atoms with E-state index in [0.717, 1.165) is 0 Å². The van der Waals surface area contributed by atoms with Gasteiger partial charge in [0, 0.05) is 5.69 Å². The molecule has 0 aliphatic rings. The molecule has 2 N–H and O–H groups in total. The average Bonchev–Trinajstić information content (AvgIpc) is 3.01. The first-order chi connectivity index (χ1) is 12.2. The number of carbonyl (C=O) groups excluding carboxylic acids is 1. The molecule has 0 saturated carbocycles. The fourth-order valence-corrected chi connectivity index (χ4v) is 3.78. The van der Waals surface area contributed by atoms with Crippen molar-refractivity contribution < 1.29 is 9.18 Å². The number of aromatic nitrogens is 2. The number of thioether (sulfide) groups is 1. The van der Waals surface area contributed by atoms with Gasteiger partial charge in [0.15, 0.2) is 4.34 Å². The van der Waals surface area contributed by atoms with Crippen molar-refractivity contribution in [3.05, 3.63) is 30.1 Å². The van der Waals surface area contributed by atoms with Gasteiger partial charge in [-0.2, -0.15) is 5.26 Å². The van der Waals surface area contributed by atoms with Gasteiger partial charge in [0.25, 0.3) is 0 Å². The second kappa shape index (κ2) is 8.47. The van der Waals surface area contributed by atoms with Crippen LogP contribution in [0.5, 0.6) is 0 Å². The molecule has 0 aliphatic heterocycles. The van der Waals surface area contributed by atoms with E-state index in [0.29, 0.717) is 15.2 Å². The third kappa shape index (κ3) is 5.16. The predicted octanol–water partition coefficient (Wildman–Crippen LogP) is 3.96. The number of carbonyl (C=O) groups is 1. The van der Waals surface area contributed by atoms with E-state index in [1.54, 1.807) is 26.0 Å². The van der Waals surface area contributed by atoms with Crippen molar-refractivity contribution in [1.82, 2.24) is 15.5 Å². The predicted molar refractivity (Wildman–Crippen MR) is 102 cm³/mol. The molecule has 2 aromatic rings. The van der Waals surface area contributed by atoms with Crippen LogP contribution in [-0.2, 0) is 4.79 Å². The summed E-state index contributed by atoms with van der Waals surface area (Å²) in [4.78, 5) is 12.4. The highest BCUT2D eigenvalue weighted by Crippen LogP contribution is 2.31. The molecule has 0 spiro atoms. The van der Waals surface area contributed by atoms with Crippen LogP contribution in [-0.4, -0.2) is 26.9 Å². The zero-order valence-electron chi connectivity index (χ0n) is 14.9. The topological polar surface area (TPSA) is 90.7 Å². The molecule has 1 aromatic carbocycles. The van der Waals surface area contributed by atoms with E-state index >= 15 is 0 Å². The van der Waals surface area contributed by atoms with E-state index in [1.807, 2.05) is 13.8 Å². The van der Waals surface area contributed by atoms with Crippen molar-refractivity contribution in [3.63, 3.8) is 0 Å². The second-order valence-corrected chi connectivity index (χ2v) is 8.79. The Morgan fingerprint density at radius 1 is 1.38 bits per heavy atom. The van der Waals surface area contributed by atoms with Gasteiger partial charge in [0.05, 0.1) is 11.3 Å². The number of anilines is 2. The summed E-state index contributed by atoms with van der Waals surface area (Å²) in [6.07, 6.45) is 0. The summed E-state index contributed by atoms with van der Waals surface area (Å²) in [6.45, 7) is 7.23. The number of hydrogen-bond acceptors (Lipinski definition) is 7. The van der Waals surface area contributed by atoms with Gasteiger partial charge < -0.3 is 10.6 Å². The lowest BCUT2D eigenvalue weighted by atomic mass is 9.90. The Labute approximate surface area is 160 Å². The fourth-order valence-electron chi connectivity index (χ4n) is 1.86. The van der Waals surface area contributed by atoms with E-state index in [9.17, 15) is 14.4 Å². The number of hydrogen-bond donors (Lipinski definition) is 2. The highest BCUT2D eigenvalue weighted by molar-refractivity contribution is 8.02. The van der Waals surface area contributed by atoms with E-state index in [1.165, 1.54) is 35.2 Å². The molecular weight excluding hydrogens is 373 g/mol. The molecule has 0 aliphatic carbocycles. The number of nitrogens with one attached hydrogen (secondary N) is 2. The quantitative estimate of drug-likeness (QED) is 0.692. The van der Waals surface area contributed by atoms with Crippen LogP contribution in [0.1, 0.15) is 27.7 Å². The van der Waals surface area contributed by atoms with Crippen LogP contribution in [0.4, 0.5) is 15.2 Å². The summed E-state index contributed by atoms with van der Waals surface area (Å²) in [5, 5.41) is 23.2. The van der Waals surface area contributed by atoms with E-state index in [-0.39, 0.29) is 17.6 Å². The summed E-state index contributed by atoms with van der Waals surface area (Å²) < 4.78 is 13.8. The van der Waals surface area contributed by atoms with Crippen LogP contribution >= 0.6 is 23.1 Å². The summed E-state index contributed by atoms with van der Waals surface area (Å²) in [5.41, 5.74) is -0.345. The Kier molecular flexibility index (Phi) is 6.56. The molecule has 138 valence electrons. The summed E-state index contributed by atoms with van der Waals surface area (Å²) in [5.74, 6) is -0.593. The maximum Gasteiger partial charge on any atom is 0.234 e. The molecule has 2 rings (SSSR count). The SMILES string of the molecule is CC(C)[C@](C)(C#N)NC(=O)[C@@H](C)Sc1nnc(Nc2cccc(F)c2)s1. The maximum absolute atomic E-state index is 13.2. The number of benzene rings is 1. The molecule has 26 heavy (non-hydrogen) atoms. The molecule has 1 amide bonds. The van der Waals surface area contributed by atoms with Gasteiger partial charge in [-0.1, -0.05) is 43.0 Å². The number of amides is 1. The second-order valence-electron chi connectivity index (χ2n) is 6.23. The van der Waals surface area contributed by atoms with Crippen LogP contribution < -0.4 is 10.6 Å². The van der Waals surface area contributed by atoms with Crippen LogP contribution in [0.25, 0.3) is 0 Å². The Balaban J connectivity index is 1.97. The third-order valence-corrected chi connectivity index (χ3v) is 5.92. The largest absolute Gasteiger partial charge is 0.337 e. The molecular formula is C17H20FN5OS2. The Hall–Kier alpha value is -2.18. The number of rotatable bonds is 7. The summed E-state index contributed by atoms with van der Waals surface area (Å²) in [7, 11) is 0. The van der Waals surface area contributed by atoms with Crippen molar-refractivity contribution in [1.29, 1.82) is 5.26 Å². The number of halogens is 1. The van der Waals surface area contributed by atoms with E-state index in [2.05, 4.69) is 26.9 Å². The maximum atomic E-state index is 13.2. The Morgan fingerprint density at radius 2 is 2.12 bits per heavy atom. The van der Waals surface area contributed by atoms with Gasteiger partial charge in [-0.15, -0.1) is 10.2 Å². The van der Waals surface area contributed by atoms with Gasteiger partial charge in [0.1, 0.15) is 11.4 Å². The lowest BCUT2D eigenvalue weighted by molar-refractivity contribution is -0.121. The minimum Gasteiger partial charge on any atom is -0.337 e. The van der Waals surface area contributed by atoms with Crippen LogP contribution in [0.3, 0.4) is 0 Å². The van der Waals surface area contributed by atoms with Gasteiger partial charge >= 0.3 is 0 Å². The normalized spacial score (nSPS) is 14.3. The average molecular weight is 394 g/mol. The lowest BCUT2D eigenvalue weighted by Crippen LogP contribution is -2.51. The lowest BCUT2D eigenvalue weighted by Gasteiger charge is -2.28. The first-order valence-electron chi connectivity index (χ1n) is 7.99. The zero-order chi connectivity index (χ0) is 19.3. The minimum absolute atomic E-state index is 0.0164. The smallest absolute Gasteiger partial charge is 0.234 e. The van der Waals surface area contributed by atoms with Crippen LogP contribution in [0, 0.1) is 23.1 Å². The minimum atomic E-state index is -0.920. The number of nitriles is 1. The Morgan fingerprint density at radius 3 is 2.73 bits per heavy atom. The molecule has 0 unspecified atom stereocenters. The third-order valence-electron chi connectivity index (χ3n) is 3.90. The Bertz CT molecular complexity index is 819. The number of nitrogens with zero attached hydrogens (tertiary/aromatic N) is 3. The van der Waals surface area contributed by atoms with Crippen molar-refractivity contribution in [2.24, 2.45) is 5.92 Å². The highest BCUT2D eigenvalue weighted by Gasteiger charge is 2.32. The molecule has 1 heterocycles. The van der Waals surface area contributed by atoms with Crippen molar-refractivity contribution in [2.75, 3.05) is 5.32 Å². The molecule has 6 nitrogen and oxygen atoms in total. The zero-order valence-corrected chi connectivity index (χ0v) is 16.5. The molecule has 2 atom stereocenters. The fraction of sp³-hybridized carbons (Fsp3) is 0.412. The van der Waals surface area contributed by atoms with Crippen molar-refractivity contribution in [3.8, 4) is 6.07 Å². The van der Waals surface area contributed by atoms with Gasteiger partial charge in [-0.3, -0.25) is 4.79 Å². The van der Waals surface area contributed by atoms with Gasteiger partial charge in [0.2, 0.25) is 11.0 Å². The van der Waals surface area contributed by atoms with Gasteiger partial charge in [-0.25, -0.2) is 4.39 Å². The first-order valence-corrected chi connectivity index (χ1v) is 9.69. The molecule has 0 saturated heterocycles. The molecule has 1 aromatic heterocycles. The van der Waals surface area contributed by atoms with Crippen LogP contribution in [0.15, 0.2) is 28.6 Å². The summed E-state index contributed by atoms with van der Waals surface area (Å²) in [6, 6.07) is 8.20. The monoisotopic (exact) mass is 393 g/mol. The first kappa shape index (κ1) is 20.1. The van der Waals surface area contributed by atoms with Crippen molar-refractivity contribution in [2.45, 2.75) is 42.8 Å². The molecule has 9 heteroatoms. The van der Waals surface area contributed by atoms with Gasteiger partial charge in [-0.05, 0) is 38.0 Å². The van der Waals surface area contributed by atoms with E-state index in [4.69, 9.17) is 0 Å². The highest BCUT2D eigenvalue weighted by atomic mass is 32.2. The van der Waals surface area contributed by atoms with Crippen LogP contribution in [0.2, 0.25) is 0 Å². The molecule has 0 radical (unpaired) electrons. The molecule has 0 bridgehead atoms. The van der Waals surface area contributed by atoms with E-state index < -0.39 is 10.8 Å². The summed E-state index contributed by atoms with van der Waals surface area (Å²) >= 11 is 2.53. The standard InChI is InChI=1S/C17H20FN5OS2/c1-10(2)17(4,9-19)21-14(24)11(3)25-16-23-22-15(26-16)20-13-7-5-6-12(18)8-13/h5-8,10-11H,1-4H3,(H,20,22)(H,21,24)/t11-,17+/m1/s1. The molecule has 0 fully saturated rings.